The van der Waals surface area contributed by atoms with Gasteiger partial charge in [0.1, 0.15) is 0 Å². The number of carbonyl (C=O) groups is 2. The summed E-state index contributed by atoms with van der Waals surface area (Å²) in [6, 6.07) is 1.66. The van der Waals surface area contributed by atoms with Crippen LogP contribution >= 0.6 is 0 Å². The Kier molecular flexibility index (Phi) is 4.65. The Labute approximate surface area is 120 Å². The fourth-order valence-corrected chi connectivity index (χ4v) is 2.42. The first-order valence-electron chi connectivity index (χ1n) is 6.11. The molecule has 0 bridgehead atoms. The first kappa shape index (κ1) is 17.0. The summed E-state index contributed by atoms with van der Waals surface area (Å²) in [6.07, 6.45) is -5.12. The van der Waals surface area contributed by atoms with Gasteiger partial charge in [0.05, 0.1) is 0 Å². The first-order chi connectivity index (χ1) is 9.46. The zero-order valence-electron chi connectivity index (χ0n) is 12.1. The van der Waals surface area contributed by atoms with Crippen LogP contribution in [-0.2, 0) is 9.59 Å². The van der Waals surface area contributed by atoms with Crippen molar-refractivity contribution in [3.8, 4) is 0 Å². The third-order valence-corrected chi connectivity index (χ3v) is 3.20. The van der Waals surface area contributed by atoms with Crippen molar-refractivity contribution in [1.29, 1.82) is 0 Å². The van der Waals surface area contributed by atoms with Gasteiger partial charge >= 0.3 is 18.1 Å². The highest BCUT2D eigenvalue weighted by Crippen LogP contribution is 2.30. The van der Waals surface area contributed by atoms with Gasteiger partial charge in [-0.25, -0.2) is 4.79 Å². The van der Waals surface area contributed by atoms with E-state index in [9.17, 15) is 27.9 Å². The van der Waals surface area contributed by atoms with Crippen LogP contribution in [0.2, 0.25) is 0 Å². The number of aliphatic carboxylic acids is 1. The molecule has 0 fully saturated rings. The molecular weight excluding hydrogens is 287 g/mol. The van der Waals surface area contributed by atoms with Crippen LogP contribution in [0.3, 0.4) is 0 Å². The molecule has 116 valence electrons. The maximum absolute atomic E-state index is 12.5. The minimum absolute atomic E-state index is 0.202. The van der Waals surface area contributed by atoms with E-state index in [1.165, 1.54) is 0 Å². The first-order valence-corrected chi connectivity index (χ1v) is 6.11. The molecule has 0 saturated carbocycles. The Balaban J connectivity index is 3.39. The molecule has 21 heavy (non-hydrogen) atoms. The molecule has 0 spiro atoms. The lowest BCUT2D eigenvalue weighted by molar-refractivity contribution is -0.188. The smallest absolute Gasteiger partial charge is 0.471 e. The molecule has 0 aromatic heterocycles. The van der Waals surface area contributed by atoms with E-state index in [4.69, 9.17) is 0 Å². The number of nitrogens with zero attached hydrogens (tertiary/aromatic N) is 1. The molecule has 0 aliphatic heterocycles. The van der Waals surface area contributed by atoms with Crippen molar-refractivity contribution in [3.05, 3.63) is 34.4 Å². The number of carboxylic acid groups (broad SMARTS) is 1. The molecule has 7 heteroatoms. The maximum Gasteiger partial charge on any atom is 0.471 e. The number of carbonyl (C=O) groups excluding carboxylic acids is 1. The molecule has 1 N–H and O–H groups in total. The summed E-state index contributed by atoms with van der Waals surface area (Å²) in [4.78, 5) is 22.9. The number of rotatable bonds is 3. The lowest BCUT2D eigenvalue weighted by Crippen LogP contribution is -2.43. The normalized spacial score (nSPS) is 12.9. The lowest BCUT2D eigenvalue weighted by atomic mass is 9.93. The topological polar surface area (TPSA) is 57.6 Å². The van der Waals surface area contributed by atoms with E-state index < -0.39 is 24.1 Å². The minimum Gasteiger partial charge on any atom is -0.479 e. The number of benzene rings is 1. The Morgan fingerprint density at radius 1 is 1.14 bits per heavy atom. The number of likely N-dealkylation sites (N-methyl/N-ethyl adjacent to an activating group) is 1. The standard InChI is InChI=1S/C14H16F3NO3/c1-7-5-8(2)10(9(3)6-7)11(12(19)20)18(4)13(21)14(15,16)17/h5-6,11H,1-4H3,(H,19,20). The van der Waals surface area contributed by atoms with E-state index in [1.807, 2.05) is 0 Å². The zero-order chi connectivity index (χ0) is 16.5. The van der Waals surface area contributed by atoms with Gasteiger partial charge in [0, 0.05) is 7.05 Å². The van der Waals surface area contributed by atoms with Gasteiger partial charge in [-0.1, -0.05) is 17.7 Å². The van der Waals surface area contributed by atoms with Crippen LogP contribution in [0.5, 0.6) is 0 Å². The van der Waals surface area contributed by atoms with Crippen LogP contribution in [0.15, 0.2) is 12.1 Å². The molecule has 0 aliphatic rings. The van der Waals surface area contributed by atoms with Crippen LogP contribution in [0.25, 0.3) is 0 Å². The van der Waals surface area contributed by atoms with Gasteiger partial charge in [0.2, 0.25) is 0 Å². The molecule has 0 radical (unpaired) electrons. The highest BCUT2D eigenvalue weighted by atomic mass is 19.4. The van der Waals surface area contributed by atoms with Gasteiger partial charge in [-0.05, 0) is 37.5 Å². The number of halogens is 3. The van der Waals surface area contributed by atoms with Gasteiger partial charge in [0.15, 0.2) is 6.04 Å². The Bertz CT molecular complexity index is 558. The summed E-state index contributed by atoms with van der Waals surface area (Å²) < 4.78 is 37.6. The average Bonchev–Trinajstić information content (AvgIpc) is 2.30. The van der Waals surface area contributed by atoms with Gasteiger partial charge in [0.25, 0.3) is 0 Å². The Morgan fingerprint density at radius 2 is 1.57 bits per heavy atom. The fourth-order valence-electron chi connectivity index (χ4n) is 2.42. The molecule has 4 nitrogen and oxygen atoms in total. The molecule has 0 aliphatic carbocycles. The Hall–Kier alpha value is -2.05. The summed E-state index contributed by atoms with van der Waals surface area (Å²) in [7, 11) is 0.841. The second-order valence-electron chi connectivity index (χ2n) is 4.97. The van der Waals surface area contributed by atoms with Crippen LogP contribution in [0.4, 0.5) is 13.2 Å². The van der Waals surface area contributed by atoms with E-state index in [0.717, 1.165) is 12.6 Å². The van der Waals surface area contributed by atoms with Crippen molar-refractivity contribution in [2.24, 2.45) is 0 Å². The molecule has 1 amide bonds. The molecular formula is C14H16F3NO3. The van der Waals surface area contributed by atoms with Gasteiger partial charge in [-0.3, -0.25) is 4.79 Å². The summed E-state index contributed by atoms with van der Waals surface area (Å²) in [5, 5.41) is 9.27. The van der Waals surface area contributed by atoms with Gasteiger partial charge < -0.3 is 10.0 Å². The van der Waals surface area contributed by atoms with E-state index >= 15 is 0 Å². The number of amides is 1. The van der Waals surface area contributed by atoms with Crippen molar-refractivity contribution in [1.82, 2.24) is 4.90 Å². The van der Waals surface area contributed by atoms with Crippen LogP contribution in [-0.4, -0.2) is 35.1 Å². The van der Waals surface area contributed by atoms with E-state index in [0.29, 0.717) is 11.1 Å². The van der Waals surface area contributed by atoms with Crippen LogP contribution in [0.1, 0.15) is 28.3 Å². The van der Waals surface area contributed by atoms with Crippen molar-refractivity contribution in [2.75, 3.05) is 7.05 Å². The van der Waals surface area contributed by atoms with Crippen molar-refractivity contribution >= 4 is 11.9 Å². The second kappa shape index (κ2) is 5.75. The number of alkyl halides is 3. The second-order valence-corrected chi connectivity index (χ2v) is 4.97. The SMILES string of the molecule is Cc1cc(C)c(C(C(=O)O)N(C)C(=O)C(F)(F)F)c(C)c1. The molecule has 0 heterocycles. The van der Waals surface area contributed by atoms with Crippen molar-refractivity contribution < 1.29 is 27.9 Å². The van der Waals surface area contributed by atoms with E-state index in [1.54, 1.807) is 32.9 Å². The number of hydrogen-bond acceptors (Lipinski definition) is 2. The quantitative estimate of drug-likeness (QED) is 0.934. The summed E-state index contributed by atoms with van der Waals surface area (Å²) in [5.41, 5.74) is 2.12. The van der Waals surface area contributed by atoms with E-state index in [-0.39, 0.29) is 10.5 Å². The van der Waals surface area contributed by atoms with Crippen LogP contribution < -0.4 is 0 Å². The average molecular weight is 303 g/mol. The highest BCUT2D eigenvalue weighted by Gasteiger charge is 2.45. The lowest BCUT2D eigenvalue weighted by Gasteiger charge is -2.28. The van der Waals surface area contributed by atoms with Crippen molar-refractivity contribution in [3.63, 3.8) is 0 Å². The summed E-state index contributed by atoms with van der Waals surface area (Å²) in [6.45, 7) is 5.01. The monoisotopic (exact) mass is 303 g/mol. The molecule has 1 unspecified atom stereocenters. The summed E-state index contributed by atoms with van der Waals surface area (Å²) in [5.74, 6) is -3.69. The van der Waals surface area contributed by atoms with E-state index in [2.05, 4.69) is 0 Å². The highest BCUT2D eigenvalue weighted by molar-refractivity contribution is 5.88. The zero-order valence-corrected chi connectivity index (χ0v) is 12.1. The largest absolute Gasteiger partial charge is 0.479 e. The van der Waals surface area contributed by atoms with Gasteiger partial charge in [-0.15, -0.1) is 0 Å². The molecule has 1 aromatic rings. The van der Waals surface area contributed by atoms with Crippen molar-refractivity contribution in [2.45, 2.75) is 33.0 Å². The molecule has 0 saturated heterocycles. The fraction of sp³-hybridized carbons (Fsp3) is 0.429. The molecule has 1 aromatic carbocycles. The summed E-state index contributed by atoms with van der Waals surface area (Å²) >= 11 is 0. The Morgan fingerprint density at radius 3 is 1.90 bits per heavy atom. The third kappa shape index (κ3) is 3.53. The van der Waals surface area contributed by atoms with Gasteiger partial charge in [-0.2, -0.15) is 13.2 Å². The molecule has 1 rings (SSSR count). The third-order valence-electron chi connectivity index (χ3n) is 3.20. The number of hydrogen-bond donors (Lipinski definition) is 1. The number of aryl methyl sites for hydroxylation is 3. The maximum atomic E-state index is 12.5. The minimum atomic E-state index is -5.12. The number of carboxylic acids is 1. The van der Waals surface area contributed by atoms with Crippen LogP contribution in [0, 0.1) is 20.8 Å². The molecule has 1 atom stereocenters. The predicted octanol–water partition coefficient (Wildman–Crippen LogP) is 2.76. The predicted molar refractivity (Wildman–Crippen MR) is 69.9 cm³/mol.